The quantitative estimate of drug-likeness (QED) is 0.546. The van der Waals surface area contributed by atoms with Crippen LogP contribution in [0, 0.1) is 11.2 Å². The monoisotopic (exact) mass is 552 g/mol. The maximum Gasteiger partial charge on any atom is 0.262 e. The molecule has 2 heterocycles. The van der Waals surface area contributed by atoms with Crippen molar-refractivity contribution in [1.82, 2.24) is 4.90 Å². The summed E-state index contributed by atoms with van der Waals surface area (Å²) < 4.78 is 43.9. The molecule has 8 nitrogen and oxygen atoms in total. The number of amides is 1. The fourth-order valence-electron chi connectivity index (χ4n) is 4.28. The molecule has 2 unspecified atom stereocenters. The summed E-state index contributed by atoms with van der Waals surface area (Å²) >= 11 is 5.94. The number of aliphatic hydroxyl groups excluding tert-OH is 1. The number of carbonyl (C=O) groups excluding carboxylic acids is 1. The molecule has 192 valence electrons. The molecule has 0 radical (unpaired) electrons. The number of nitrogens with zero attached hydrogens (tertiary/aromatic N) is 3. The normalized spacial score (nSPS) is 20.2. The molecule has 2 atom stereocenters. The van der Waals surface area contributed by atoms with Crippen LogP contribution in [0.5, 0.6) is 0 Å². The van der Waals surface area contributed by atoms with E-state index >= 15 is 0 Å². The van der Waals surface area contributed by atoms with E-state index < -0.39 is 43.9 Å². The summed E-state index contributed by atoms with van der Waals surface area (Å²) in [6, 6.07) is 8.48. The number of benzene rings is 2. The van der Waals surface area contributed by atoms with Crippen molar-refractivity contribution in [3.8, 4) is 0 Å². The van der Waals surface area contributed by atoms with Crippen molar-refractivity contribution in [2.45, 2.75) is 38.3 Å². The average Bonchev–Trinajstić information content (AvgIpc) is 2.99. The molecule has 1 amide bonds. The summed E-state index contributed by atoms with van der Waals surface area (Å²) in [4.78, 5) is 20.4. The van der Waals surface area contributed by atoms with Gasteiger partial charge in [-0.1, -0.05) is 49.1 Å². The zero-order chi connectivity index (χ0) is 26.6. The van der Waals surface area contributed by atoms with Crippen LogP contribution in [0.15, 0.2) is 62.0 Å². The number of hydrogen-bond donors (Lipinski definition) is 2. The van der Waals surface area contributed by atoms with Crippen LogP contribution in [0.2, 0.25) is 5.02 Å². The molecule has 0 bridgehead atoms. The van der Waals surface area contributed by atoms with Crippen molar-refractivity contribution in [1.29, 1.82) is 0 Å². The van der Waals surface area contributed by atoms with Gasteiger partial charge in [-0.25, -0.2) is 22.2 Å². The number of nitrogens with one attached hydrogen (secondary N) is 1. The molecule has 2 aliphatic rings. The lowest BCUT2D eigenvalue weighted by Gasteiger charge is -2.35. The summed E-state index contributed by atoms with van der Waals surface area (Å²) in [5.74, 6) is -1.00. The van der Waals surface area contributed by atoms with Gasteiger partial charge in [0.25, 0.3) is 5.91 Å². The lowest BCUT2D eigenvalue weighted by atomic mass is 9.85. The van der Waals surface area contributed by atoms with Crippen LogP contribution in [-0.4, -0.2) is 48.7 Å². The topological polar surface area (TPSA) is 111 Å². The number of aliphatic imine (C=N–C) groups is 1. The fraction of sp³-hybridized carbons (Fsp3) is 0.333. The first-order valence-corrected chi connectivity index (χ1v) is 14.8. The molecule has 0 spiro atoms. The molecular weight excluding hydrogens is 527 g/mol. The van der Waals surface area contributed by atoms with E-state index in [-0.39, 0.29) is 28.7 Å². The minimum absolute atomic E-state index is 0.0199. The average molecular weight is 553 g/mol. The molecule has 2 aliphatic heterocycles. The predicted octanol–water partition coefficient (Wildman–Crippen LogP) is 4.95. The van der Waals surface area contributed by atoms with Crippen LogP contribution in [0.3, 0.4) is 0 Å². The Morgan fingerprint density at radius 1 is 1.22 bits per heavy atom. The second kappa shape index (κ2) is 9.28. The van der Waals surface area contributed by atoms with Crippen LogP contribution < -0.4 is 4.72 Å². The highest BCUT2D eigenvalue weighted by molar-refractivity contribution is 7.92. The highest BCUT2D eigenvalue weighted by Gasteiger charge is 2.47. The predicted molar refractivity (Wildman–Crippen MR) is 141 cm³/mol. The molecule has 4 rings (SSSR count). The van der Waals surface area contributed by atoms with Crippen molar-refractivity contribution in [2.24, 2.45) is 14.8 Å². The first-order chi connectivity index (χ1) is 16.7. The van der Waals surface area contributed by atoms with Crippen LogP contribution in [0.1, 0.15) is 26.3 Å². The summed E-state index contributed by atoms with van der Waals surface area (Å²) in [5.41, 5.74) is 1.03. The number of halogens is 2. The maximum atomic E-state index is 13.7. The van der Waals surface area contributed by atoms with E-state index in [9.17, 15) is 22.7 Å². The zero-order valence-corrected chi connectivity index (χ0v) is 22.7. The second-order valence-corrected chi connectivity index (χ2v) is 13.5. The molecule has 0 fully saturated rings. The van der Waals surface area contributed by atoms with E-state index in [1.807, 2.05) is 27.0 Å². The van der Waals surface area contributed by atoms with E-state index in [0.717, 1.165) is 6.26 Å². The van der Waals surface area contributed by atoms with E-state index in [4.69, 9.17) is 11.6 Å². The Balaban J connectivity index is 1.74. The number of carbonyl (C=O) groups is 1. The zero-order valence-electron chi connectivity index (χ0n) is 20.3. The Hall–Kier alpha value is -2.76. The lowest BCUT2D eigenvalue weighted by molar-refractivity contribution is -0.129. The number of fused-ring (bicyclic) bond motifs is 1. The molecule has 2 aromatic rings. The molecule has 0 aromatic heterocycles. The number of rotatable bonds is 5. The van der Waals surface area contributed by atoms with Gasteiger partial charge in [-0.3, -0.25) is 9.52 Å². The van der Waals surface area contributed by atoms with Gasteiger partial charge in [0, 0.05) is 17.1 Å². The number of amidine groups is 1. The van der Waals surface area contributed by atoms with E-state index in [1.54, 1.807) is 24.3 Å². The highest BCUT2D eigenvalue weighted by Crippen LogP contribution is 2.40. The van der Waals surface area contributed by atoms with Crippen molar-refractivity contribution in [3.05, 3.63) is 64.1 Å². The van der Waals surface area contributed by atoms with Gasteiger partial charge in [-0.05, 0) is 47.6 Å². The number of hydrogen-bond acceptors (Lipinski definition) is 6. The number of sulfonamides is 1. The summed E-state index contributed by atoms with van der Waals surface area (Å²) in [6.45, 7) is 5.83. The Kier molecular flexibility index (Phi) is 6.78. The van der Waals surface area contributed by atoms with Crippen LogP contribution in [0.25, 0.3) is 0 Å². The Bertz CT molecular complexity index is 1480. The highest BCUT2D eigenvalue weighted by atomic mass is 35.5. The maximum absolute atomic E-state index is 13.7. The van der Waals surface area contributed by atoms with Crippen LogP contribution >= 0.6 is 11.6 Å². The lowest BCUT2D eigenvalue weighted by Crippen LogP contribution is -2.43. The summed E-state index contributed by atoms with van der Waals surface area (Å²) in [6.07, 6.45) is 2.89. The van der Waals surface area contributed by atoms with E-state index in [0.29, 0.717) is 21.8 Å². The first kappa shape index (κ1) is 26.3. The van der Waals surface area contributed by atoms with Gasteiger partial charge in [-0.15, -0.1) is 0 Å². The SMILES string of the molecule is CS1=NC(C2=C(O)C(C(C)(C)C)N(Cc3ccc(F)c(Cl)c3)C2=O)=Nc2ccc(NS(C)(=O)=O)cc21. The van der Waals surface area contributed by atoms with Gasteiger partial charge in [0.15, 0.2) is 5.84 Å². The van der Waals surface area contributed by atoms with Crippen molar-refractivity contribution in [3.63, 3.8) is 0 Å². The molecule has 36 heavy (non-hydrogen) atoms. The Morgan fingerprint density at radius 2 is 1.92 bits per heavy atom. The van der Waals surface area contributed by atoms with Crippen molar-refractivity contribution >= 4 is 55.4 Å². The molecule has 0 saturated heterocycles. The van der Waals surface area contributed by atoms with Gasteiger partial charge in [0.05, 0.1) is 23.0 Å². The number of aliphatic hydroxyl groups is 1. The molecule has 0 saturated carbocycles. The van der Waals surface area contributed by atoms with E-state index in [2.05, 4.69) is 14.1 Å². The standard InChI is InChI=1S/C24H26ClFN4O4S2/c1-24(2,3)21-20(31)19(23(32)30(21)12-13-6-8-16(26)15(25)10-13)22-27-17-9-7-14(29-36(5,33)34)11-18(17)35(4)28-22/h6-11,21,29,31H,12H2,1-5H3. The molecule has 2 aromatic carbocycles. The molecule has 12 heteroatoms. The van der Waals surface area contributed by atoms with Gasteiger partial charge in [0.1, 0.15) is 17.1 Å². The largest absolute Gasteiger partial charge is 0.509 e. The summed E-state index contributed by atoms with van der Waals surface area (Å²) in [5, 5.41) is 11.2. The Labute approximate surface area is 217 Å². The minimum atomic E-state index is -3.45. The Morgan fingerprint density at radius 3 is 2.53 bits per heavy atom. The minimum Gasteiger partial charge on any atom is -0.509 e. The second-order valence-electron chi connectivity index (χ2n) is 9.77. The molecule has 0 aliphatic carbocycles. The fourth-order valence-corrected chi connectivity index (χ4v) is 6.24. The third-order valence-electron chi connectivity index (χ3n) is 5.71. The van der Waals surface area contributed by atoms with Gasteiger partial charge >= 0.3 is 0 Å². The third kappa shape index (κ3) is 5.18. The van der Waals surface area contributed by atoms with Crippen molar-refractivity contribution in [2.75, 3.05) is 17.2 Å². The van der Waals surface area contributed by atoms with Crippen LogP contribution in [0.4, 0.5) is 15.8 Å². The third-order valence-corrected chi connectivity index (χ3v) is 8.02. The van der Waals surface area contributed by atoms with Gasteiger partial charge in [-0.2, -0.15) is 0 Å². The van der Waals surface area contributed by atoms with Gasteiger partial charge < -0.3 is 10.0 Å². The van der Waals surface area contributed by atoms with Crippen molar-refractivity contribution < 1.29 is 22.7 Å². The first-order valence-electron chi connectivity index (χ1n) is 10.9. The van der Waals surface area contributed by atoms with Gasteiger partial charge in [0.2, 0.25) is 10.0 Å². The number of anilines is 1. The smallest absolute Gasteiger partial charge is 0.262 e. The van der Waals surface area contributed by atoms with E-state index in [1.165, 1.54) is 17.0 Å². The van der Waals surface area contributed by atoms with Crippen LogP contribution in [-0.2, 0) is 32.1 Å². The molecular formula is C24H26ClFN4O4S2. The summed E-state index contributed by atoms with van der Waals surface area (Å²) in [7, 11) is -4.21. The molecule has 2 N–H and O–H groups in total.